The maximum atomic E-state index is 12.8. The van der Waals surface area contributed by atoms with E-state index in [1.165, 1.54) is 0 Å². The second-order valence-electron chi connectivity index (χ2n) is 6.75. The van der Waals surface area contributed by atoms with Gasteiger partial charge in [0.25, 0.3) is 0 Å². The summed E-state index contributed by atoms with van der Waals surface area (Å²) in [5.41, 5.74) is -0.0492. The van der Waals surface area contributed by atoms with Gasteiger partial charge in [-0.2, -0.15) is 0 Å². The summed E-state index contributed by atoms with van der Waals surface area (Å²) in [5.74, 6) is 0.879. The van der Waals surface area contributed by atoms with Crippen LogP contribution >= 0.6 is 0 Å². The molecule has 4 heteroatoms. The van der Waals surface area contributed by atoms with E-state index in [1.54, 1.807) is 7.11 Å². The average Bonchev–Trinajstić information content (AvgIpc) is 2.97. The molecule has 1 aromatic rings. The summed E-state index contributed by atoms with van der Waals surface area (Å²) >= 11 is 0. The van der Waals surface area contributed by atoms with Gasteiger partial charge in [0.05, 0.1) is 7.11 Å². The number of hydrogen-bond acceptors (Lipinski definition) is 4. The Kier molecular flexibility index (Phi) is 3.03. The van der Waals surface area contributed by atoms with E-state index in [9.17, 15) is 9.59 Å². The number of hydrogen-bond donors (Lipinski definition) is 0. The van der Waals surface area contributed by atoms with Crippen LogP contribution in [0.15, 0.2) is 24.3 Å². The monoisotopic (exact) mass is 300 g/mol. The summed E-state index contributed by atoms with van der Waals surface area (Å²) in [4.78, 5) is 25.4. The SMILES string of the molecule is COc1ccccc1CC12C(=O)CC3CCCC(OC1=O)C32. The Labute approximate surface area is 129 Å². The molecule has 116 valence electrons. The molecule has 2 aliphatic carbocycles. The van der Waals surface area contributed by atoms with Gasteiger partial charge in [0.1, 0.15) is 17.3 Å². The third-order valence-electron chi connectivity index (χ3n) is 5.77. The minimum Gasteiger partial charge on any atom is -0.496 e. The van der Waals surface area contributed by atoms with E-state index in [4.69, 9.17) is 9.47 Å². The third-order valence-corrected chi connectivity index (χ3v) is 5.77. The molecule has 0 spiro atoms. The molecule has 1 aromatic carbocycles. The number of carbonyl (C=O) groups excluding carboxylic acids is 2. The molecule has 4 rings (SSSR count). The first-order valence-corrected chi connectivity index (χ1v) is 8.03. The lowest BCUT2D eigenvalue weighted by atomic mass is 9.67. The highest BCUT2D eigenvalue weighted by Gasteiger charge is 2.68. The number of ketones is 1. The largest absolute Gasteiger partial charge is 0.496 e. The van der Waals surface area contributed by atoms with Crippen molar-refractivity contribution in [3.8, 4) is 5.75 Å². The van der Waals surface area contributed by atoms with Crippen LogP contribution in [0, 0.1) is 17.3 Å². The van der Waals surface area contributed by atoms with Crippen molar-refractivity contribution in [2.75, 3.05) is 7.11 Å². The van der Waals surface area contributed by atoms with Crippen molar-refractivity contribution in [3.05, 3.63) is 29.8 Å². The van der Waals surface area contributed by atoms with Crippen molar-refractivity contribution < 1.29 is 19.1 Å². The van der Waals surface area contributed by atoms with Crippen molar-refractivity contribution >= 4 is 11.8 Å². The predicted molar refractivity (Wildman–Crippen MR) is 79.5 cm³/mol. The maximum Gasteiger partial charge on any atom is 0.320 e. The molecule has 1 heterocycles. The Morgan fingerprint density at radius 2 is 2.09 bits per heavy atom. The van der Waals surface area contributed by atoms with Gasteiger partial charge in [0, 0.05) is 12.3 Å². The normalized spacial score (nSPS) is 36.1. The number of benzene rings is 1. The molecule has 22 heavy (non-hydrogen) atoms. The minimum absolute atomic E-state index is 0.0613. The van der Waals surface area contributed by atoms with Crippen LogP contribution in [0.2, 0.25) is 0 Å². The van der Waals surface area contributed by atoms with Crippen molar-refractivity contribution in [1.29, 1.82) is 0 Å². The second-order valence-corrected chi connectivity index (χ2v) is 6.75. The number of para-hydroxylation sites is 1. The number of carbonyl (C=O) groups is 2. The van der Waals surface area contributed by atoms with Crippen LogP contribution in [0.25, 0.3) is 0 Å². The van der Waals surface area contributed by atoms with Gasteiger partial charge in [0.2, 0.25) is 0 Å². The summed E-state index contributed by atoms with van der Waals surface area (Å²) in [6, 6.07) is 7.64. The topological polar surface area (TPSA) is 52.6 Å². The van der Waals surface area contributed by atoms with E-state index in [0.717, 1.165) is 30.6 Å². The summed E-state index contributed by atoms with van der Waals surface area (Å²) in [6.45, 7) is 0. The first-order chi connectivity index (χ1) is 10.7. The van der Waals surface area contributed by atoms with Crippen molar-refractivity contribution in [1.82, 2.24) is 0 Å². The number of methoxy groups -OCH3 is 1. The molecule has 3 aliphatic rings. The number of ether oxygens (including phenoxy) is 2. The molecular formula is C18H20O4. The zero-order valence-corrected chi connectivity index (χ0v) is 12.7. The van der Waals surface area contributed by atoms with E-state index in [2.05, 4.69) is 0 Å². The molecule has 4 nitrogen and oxygen atoms in total. The quantitative estimate of drug-likeness (QED) is 0.636. The van der Waals surface area contributed by atoms with E-state index < -0.39 is 5.41 Å². The van der Waals surface area contributed by atoms with Crippen LogP contribution in [-0.4, -0.2) is 25.0 Å². The molecule has 0 N–H and O–H groups in total. The number of Topliss-reactive ketones (excluding diaryl/α,β-unsaturated/α-hetero) is 1. The fourth-order valence-electron chi connectivity index (χ4n) is 4.86. The first kappa shape index (κ1) is 13.8. The molecule has 0 bridgehead atoms. The Hall–Kier alpha value is -1.84. The van der Waals surface area contributed by atoms with E-state index >= 15 is 0 Å². The van der Waals surface area contributed by atoms with Gasteiger partial charge in [-0.3, -0.25) is 9.59 Å². The van der Waals surface area contributed by atoms with E-state index in [-0.39, 0.29) is 23.8 Å². The van der Waals surface area contributed by atoms with Crippen LogP contribution in [-0.2, 0) is 20.7 Å². The van der Waals surface area contributed by atoms with Gasteiger partial charge in [-0.05, 0) is 43.2 Å². The number of rotatable bonds is 3. The van der Waals surface area contributed by atoms with E-state index in [1.807, 2.05) is 24.3 Å². The third kappa shape index (κ3) is 1.70. The fourth-order valence-corrected chi connectivity index (χ4v) is 4.86. The van der Waals surface area contributed by atoms with Crippen molar-refractivity contribution in [2.24, 2.45) is 17.3 Å². The lowest BCUT2D eigenvalue weighted by molar-refractivity contribution is -0.152. The predicted octanol–water partition coefficient (Wildman–Crippen LogP) is 2.54. The molecule has 0 amide bonds. The summed E-state index contributed by atoms with van der Waals surface area (Å²) in [7, 11) is 1.62. The van der Waals surface area contributed by atoms with Gasteiger partial charge in [-0.1, -0.05) is 18.2 Å². The molecule has 2 saturated carbocycles. The highest BCUT2D eigenvalue weighted by Crippen LogP contribution is 2.58. The highest BCUT2D eigenvalue weighted by atomic mass is 16.6. The van der Waals surface area contributed by atoms with Crippen LogP contribution in [0.4, 0.5) is 0 Å². The molecular weight excluding hydrogens is 280 g/mol. The van der Waals surface area contributed by atoms with Crippen LogP contribution in [0.1, 0.15) is 31.2 Å². The smallest absolute Gasteiger partial charge is 0.320 e. The lowest BCUT2D eigenvalue weighted by Crippen LogP contribution is -2.40. The van der Waals surface area contributed by atoms with Gasteiger partial charge >= 0.3 is 5.97 Å². The molecule has 3 fully saturated rings. The Morgan fingerprint density at radius 3 is 2.91 bits per heavy atom. The lowest BCUT2D eigenvalue weighted by Gasteiger charge is -2.31. The Bertz CT molecular complexity index is 610. The average molecular weight is 300 g/mol. The standard InChI is InChI=1S/C18H20O4/c1-21-13-7-3-2-5-12(13)10-18-15(19)9-11-6-4-8-14(16(11)18)22-17(18)20/h2-3,5,7,11,14,16H,4,6,8-10H2,1H3. The summed E-state index contributed by atoms with van der Waals surface area (Å²) in [5, 5.41) is 0. The molecule has 4 unspecified atom stereocenters. The summed E-state index contributed by atoms with van der Waals surface area (Å²) in [6.07, 6.45) is 3.87. The molecule has 1 saturated heterocycles. The summed E-state index contributed by atoms with van der Waals surface area (Å²) < 4.78 is 11.0. The fraction of sp³-hybridized carbons (Fsp3) is 0.556. The minimum atomic E-state index is -0.968. The molecule has 1 aliphatic heterocycles. The zero-order valence-electron chi connectivity index (χ0n) is 12.7. The van der Waals surface area contributed by atoms with Crippen molar-refractivity contribution in [2.45, 2.75) is 38.2 Å². The van der Waals surface area contributed by atoms with Crippen molar-refractivity contribution in [3.63, 3.8) is 0 Å². The van der Waals surface area contributed by atoms with Crippen LogP contribution < -0.4 is 4.74 Å². The second kappa shape index (κ2) is 4.83. The molecule has 4 atom stereocenters. The van der Waals surface area contributed by atoms with Crippen LogP contribution in [0.5, 0.6) is 5.75 Å². The van der Waals surface area contributed by atoms with Gasteiger partial charge < -0.3 is 9.47 Å². The van der Waals surface area contributed by atoms with Gasteiger partial charge in [0.15, 0.2) is 5.78 Å². The Morgan fingerprint density at radius 1 is 1.27 bits per heavy atom. The molecule has 0 radical (unpaired) electrons. The number of esters is 1. The highest BCUT2D eigenvalue weighted by molar-refractivity contribution is 6.07. The van der Waals surface area contributed by atoms with Gasteiger partial charge in [-0.25, -0.2) is 0 Å². The zero-order chi connectivity index (χ0) is 15.3. The van der Waals surface area contributed by atoms with E-state index in [0.29, 0.717) is 18.8 Å². The molecule has 0 aromatic heterocycles. The van der Waals surface area contributed by atoms with Crippen LogP contribution in [0.3, 0.4) is 0 Å². The van der Waals surface area contributed by atoms with Gasteiger partial charge in [-0.15, -0.1) is 0 Å². The Balaban J connectivity index is 1.77. The first-order valence-electron chi connectivity index (χ1n) is 8.03. The maximum absolute atomic E-state index is 12.8.